The molecular formula is C35H41N3O5. The van der Waals surface area contributed by atoms with E-state index < -0.39 is 29.7 Å². The number of hydrogen-bond acceptors (Lipinski definition) is 5. The lowest BCUT2D eigenvalue weighted by Crippen LogP contribution is -2.54. The third kappa shape index (κ3) is 10.2. The van der Waals surface area contributed by atoms with Gasteiger partial charge >= 0.3 is 6.09 Å². The molecule has 3 aromatic carbocycles. The standard InChI is InChI=1S/C35H41N3O5/c1-6-8-22-38(33(41)30(37-34(42)43-35(3,4)5)23-26-16-20-29(39)21-17-26)31(28-18-14-25(7-2)15-19-28)32(40)36-24-27-12-10-9-11-13-27/h2,9-21,30-31,39H,6,8,22-24H2,1,3-5H3,(H,36,40)(H,37,42). The Morgan fingerprint density at radius 2 is 1.60 bits per heavy atom. The molecule has 3 aromatic rings. The van der Waals surface area contributed by atoms with Gasteiger partial charge in [-0.1, -0.05) is 73.9 Å². The lowest BCUT2D eigenvalue weighted by atomic mass is 9.99. The average Bonchev–Trinajstić information content (AvgIpc) is 2.98. The van der Waals surface area contributed by atoms with Gasteiger partial charge in [-0.15, -0.1) is 6.42 Å². The van der Waals surface area contributed by atoms with Crippen molar-refractivity contribution in [1.29, 1.82) is 0 Å². The van der Waals surface area contributed by atoms with Crippen molar-refractivity contribution in [3.05, 3.63) is 101 Å². The number of carbonyl (C=O) groups is 3. The third-order valence-electron chi connectivity index (χ3n) is 6.66. The number of unbranched alkanes of at least 4 members (excludes halogenated alkanes) is 1. The van der Waals surface area contributed by atoms with E-state index in [1.807, 2.05) is 37.3 Å². The SMILES string of the molecule is C#Cc1ccc(C(C(=O)NCc2ccccc2)N(CCCC)C(=O)C(Cc2ccc(O)cc2)NC(=O)OC(C)(C)C)cc1. The minimum Gasteiger partial charge on any atom is -0.508 e. The first-order valence-corrected chi connectivity index (χ1v) is 14.5. The Morgan fingerprint density at radius 3 is 2.19 bits per heavy atom. The van der Waals surface area contributed by atoms with E-state index >= 15 is 0 Å². The molecule has 8 nitrogen and oxygen atoms in total. The maximum atomic E-state index is 14.4. The normalized spacial score (nSPS) is 12.3. The minimum absolute atomic E-state index is 0.0851. The highest BCUT2D eigenvalue weighted by atomic mass is 16.6. The van der Waals surface area contributed by atoms with Gasteiger partial charge in [-0.3, -0.25) is 9.59 Å². The van der Waals surface area contributed by atoms with Crippen LogP contribution < -0.4 is 10.6 Å². The summed E-state index contributed by atoms with van der Waals surface area (Å²) in [7, 11) is 0. The molecule has 0 spiro atoms. The Bertz CT molecular complexity index is 1390. The zero-order valence-corrected chi connectivity index (χ0v) is 25.3. The van der Waals surface area contributed by atoms with Crippen molar-refractivity contribution in [2.75, 3.05) is 6.54 Å². The van der Waals surface area contributed by atoms with E-state index in [4.69, 9.17) is 11.2 Å². The summed E-state index contributed by atoms with van der Waals surface area (Å²) in [5.74, 6) is 1.87. The molecular weight excluding hydrogens is 542 g/mol. The predicted molar refractivity (Wildman–Crippen MR) is 167 cm³/mol. The molecule has 2 atom stereocenters. The predicted octanol–water partition coefficient (Wildman–Crippen LogP) is 5.50. The monoisotopic (exact) mass is 583 g/mol. The van der Waals surface area contributed by atoms with Gasteiger partial charge in [0, 0.05) is 25.1 Å². The Balaban J connectivity index is 2.02. The molecule has 3 rings (SSSR count). The summed E-state index contributed by atoms with van der Waals surface area (Å²) in [5, 5.41) is 15.5. The number of phenols is 1. The molecule has 226 valence electrons. The van der Waals surface area contributed by atoms with E-state index in [0.29, 0.717) is 23.1 Å². The topological polar surface area (TPSA) is 108 Å². The molecule has 0 saturated carbocycles. The Hall–Kier alpha value is -4.77. The molecule has 8 heteroatoms. The van der Waals surface area contributed by atoms with Gasteiger partial charge in [0.15, 0.2) is 0 Å². The summed E-state index contributed by atoms with van der Waals surface area (Å²) in [6.07, 6.45) is 6.36. The van der Waals surface area contributed by atoms with E-state index in [9.17, 15) is 19.5 Å². The fraction of sp³-hybridized carbons (Fsp3) is 0.343. The van der Waals surface area contributed by atoms with Gasteiger partial charge in [-0.2, -0.15) is 0 Å². The van der Waals surface area contributed by atoms with Crippen molar-refractivity contribution in [3.8, 4) is 18.1 Å². The highest BCUT2D eigenvalue weighted by molar-refractivity contribution is 5.92. The highest BCUT2D eigenvalue weighted by Gasteiger charge is 2.36. The van der Waals surface area contributed by atoms with Gasteiger partial charge in [-0.25, -0.2) is 4.79 Å². The van der Waals surface area contributed by atoms with E-state index in [1.54, 1.807) is 57.2 Å². The number of hydrogen-bond donors (Lipinski definition) is 3. The van der Waals surface area contributed by atoms with Gasteiger partial charge < -0.3 is 25.4 Å². The fourth-order valence-electron chi connectivity index (χ4n) is 4.53. The summed E-state index contributed by atoms with van der Waals surface area (Å²) in [6, 6.07) is 20.9. The van der Waals surface area contributed by atoms with E-state index in [2.05, 4.69) is 16.6 Å². The molecule has 0 aliphatic heterocycles. The lowest BCUT2D eigenvalue weighted by molar-refractivity contribution is -0.142. The number of phenolic OH excluding ortho intramolecular Hbond substituents is 1. The van der Waals surface area contributed by atoms with Gasteiger partial charge in [0.25, 0.3) is 0 Å². The molecule has 0 aliphatic rings. The quantitative estimate of drug-likeness (QED) is 0.244. The van der Waals surface area contributed by atoms with Crippen LogP contribution in [-0.4, -0.2) is 46.1 Å². The first-order chi connectivity index (χ1) is 20.5. The molecule has 0 heterocycles. The molecule has 3 N–H and O–H groups in total. The van der Waals surface area contributed by atoms with E-state index in [0.717, 1.165) is 12.0 Å². The number of aromatic hydroxyl groups is 1. The van der Waals surface area contributed by atoms with Crippen molar-refractivity contribution >= 4 is 17.9 Å². The van der Waals surface area contributed by atoms with Crippen LogP contribution in [0.2, 0.25) is 0 Å². The summed E-state index contributed by atoms with van der Waals surface area (Å²) >= 11 is 0. The maximum absolute atomic E-state index is 14.4. The van der Waals surface area contributed by atoms with Crippen LogP contribution in [0.1, 0.15) is 68.8 Å². The second kappa shape index (κ2) is 15.5. The number of rotatable bonds is 12. The van der Waals surface area contributed by atoms with Gasteiger partial charge in [-0.05, 0) is 68.1 Å². The molecule has 0 saturated heterocycles. The fourth-order valence-corrected chi connectivity index (χ4v) is 4.53. The van der Waals surface area contributed by atoms with Crippen molar-refractivity contribution in [1.82, 2.24) is 15.5 Å². The van der Waals surface area contributed by atoms with E-state index in [-0.39, 0.29) is 31.2 Å². The number of benzene rings is 3. The number of ether oxygens (including phenoxy) is 1. The van der Waals surface area contributed by atoms with Crippen molar-refractivity contribution in [3.63, 3.8) is 0 Å². The lowest BCUT2D eigenvalue weighted by Gasteiger charge is -2.34. The van der Waals surface area contributed by atoms with Crippen LogP contribution in [0.15, 0.2) is 78.9 Å². The zero-order valence-electron chi connectivity index (χ0n) is 25.3. The Labute approximate surface area is 254 Å². The average molecular weight is 584 g/mol. The van der Waals surface area contributed by atoms with Crippen LogP contribution in [0.3, 0.4) is 0 Å². The molecule has 0 radical (unpaired) electrons. The van der Waals surface area contributed by atoms with E-state index in [1.165, 1.54) is 17.0 Å². The van der Waals surface area contributed by atoms with Crippen LogP contribution in [0.25, 0.3) is 0 Å². The molecule has 43 heavy (non-hydrogen) atoms. The first kappa shape index (κ1) is 32.7. The minimum atomic E-state index is -1.05. The highest BCUT2D eigenvalue weighted by Crippen LogP contribution is 2.25. The molecule has 0 aromatic heterocycles. The Kier molecular flexibility index (Phi) is 11.8. The van der Waals surface area contributed by atoms with Crippen molar-refractivity contribution in [2.24, 2.45) is 0 Å². The second-order valence-corrected chi connectivity index (χ2v) is 11.3. The van der Waals surface area contributed by atoms with Gasteiger partial charge in [0.2, 0.25) is 11.8 Å². The molecule has 3 amide bonds. The second-order valence-electron chi connectivity index (χ2n) is 11.3. The number of nitrogens with zero attached hydrogens (tertiary/aromatic N) is 1. The summed E-state index contributed by atoms with van der Waals surface area (Å²) < 4.78 is 5.48. The van der Waals surface area contributed by atoms with Gasteiger partial charge in [0.1, 0.15) is 23.4 Å². The van der Waals surface area contributed by atoms with Crippen LogP contribution in [0, 0.1) is 12.3 Å². The largest absolute Gasteiger partial charge is 0.508 e. The third-order valence-corrected chi connectivity index (χ3v) is 6.66. The van der Waals surface area contributed by atoms with Gasteiger partial charge in [0.05, 0.1) is 0 Å². The summed E-state index contributed by atoms with van der Waals surface area (Å²) in [6.45, 7) is 7.78. The van der Waals surface area contributed by atoms with Crippen LogP contribution in [0.5, 0.6) is 5.75 Å². The first-order valence-electron chi connectivity index (χ1n) is 14.5. The van der Waals surface area contributed by atoms with Crippen LogP contribution >= 0.6 is 0 Å². The summed E-state index contributed by atoms with van der Waals surface area (Å²) in [5.41, 5.74) is 2.09. The van der Waals surface area contributed by atoms with Crippen LogP contribution in [0.4, 0.5) is 4.79 Å². The Morgan fingerprint density at radius 1 is 0.953 bits per heavy atom. The van der Waals surface area contributed by atoms with Crippen molar-refractivity contribution < 1.29 is 24.2 Å². The molecule has 2 unspecified atom stereocenters. The summed E-state index contributed by atoms with van der Waals surface area (Å²) in [4.78, 5) is 42.8. The smallest absolute Gasteiger partial charge is 0.408 e. The number of amides is 3. The van der Waals surface area contributed by atoms with Crippen molar-refractivity contribution in [2.45, 2.75) is 71.2 Å². The van der Waals surface area contributed by atoms with Crippen LogP contribution in [-0.2, 0) is 27.3 Å². The molecule has 0 bridgehead atoms. The number of nitrogens with one attached hydrogen (secondary N) is 2. The zero-order chi connectivity index (χ0) is 31.4. The maximum Gasteiger partial charge on any atom is 0.408 e. The molecule has 0 aliphatic carbocycles. The number of carbonyl (C=O) groups excluding carboxylic acids is 3. The number of alkyl carbamates (subject to hydrolysis) is 1. The molecule has 0 fully saturated rings. The number of terminal acetylenes is 1.